The Morgan fingerprint density at radius 1 is 0.536 bits per heavy atom. The zero-order chi connectivity index (χ0) is 20.4. The van der Waals surface area contributed by atoms with E-state index in [0.717, 1.165) is 10.4 Å². The minimum absolute atomic E-state index is 1.09. The molecule has 0 amide bonds. The van der Waals surface area contributed by atoms with Crippen LogP contribution >= 0.6 is 0 Å². The smallest absolute Gasteiger partial charge is 0.214 e. The van der Waals surface area contributed by atoms with Crippen molar-refractivity contribution in [1.29, 1.82) is 0 Å². The lowest BCUT2D eigenvalue weighted by Crippen LogP contribution is -2.41. The molecule has 28 heavy (non-hydrogen) atoms. The average Bonchev–Trinajstić information content (AvgIpc) is 2.66. The Balaban J connectivity index is 0.000000161. The first-order chi connectivity index (χ1) is 13.2. The van der Waals surface area contributed by atoms with E-state index in [1.165, 1.54) is 21.5 Å². The van der Waals surface area contributed by atoms with Crippen molar-refractivity contribution < 1.29 is 9.59 Å². The van der Waals surface area contributed by atoms with Crippen LogP contribution in [0.5, 0.6) is 0 Å². The van der Waals surface area contributed by atoms with E-state index < -0.39 is 16.6 Å². The van der Waals surface area contributed by atoms with Crippen LogP contribution in [0.4, 0.5) is 0 Å². The van der Waals surface area contributed by atoms with E-state index in [1.807, 2.05) is 68.7 Å². The summed E-state index contributed by atoms with van der Waals surface area (Å²) in [7, 11) is -4.35. The van der Waals surface area contributed by atoms with Crippen LogP contribution in [0, 0.1) is 0 Å². The van der Waals surface area contributed by atoms with Crippen molar-refractivity contribution in [2.75, 3.05) is 0 Å². The molecule has 0 heterocycles. The maximum atomic E-state index is 10.1. The summed E-state index contributed by atoms with van der Waals surface area (Å²) in [4.78, 5) is 20.1. The second kappa shape index (κ2) is 8.01. The molecule has 0 aliphatic carbocycles. The minimum Gasteiger partial charge on any atom is -0.428 e. The van der Waals surface area contributed by atoms with E-state index >= 15 is 0 Å². The monoisotopic (exact) mass is 404 g/mol. The van der Waals surface area contributed by atoms with Crippen molar-refractivity contribution in [1.82, 2.24) is 0 Å². The minimum atomic E-state index is -2.20. The summed E-state index contributed by atoms with van der Waals surface area (Å²) in [6, 6.07) is 28.8. The van der Waals surface area contributed by atoms with Gasteiger partial charge >= 0.3 is 0 Å². The van der Waals surface area contributed by atoms with Gasteiger partial charge in [-0.1, -0.05) is 84.9 Å². The maximum absolute atomic E-state index is 10.1. The molecule has 4 rings (SSSR count). The quantitative estimate of drug-likeness (QED) is 0.483. The molecule has 0 spiro atoms. The molecule has 2 nitrogen and oxygen atoms in total. The summed E-state index contributed by atoms with van der Waals surface area (Å²) in [6.07, 6.45) is 0. The molecule has 0 aliphatic heterocycles. The van der Waals surface area contributed by atoms with Crippen LogP contribution in [-0.4, -0.2) is 26.2 Å². The standard InChI is InChI=1S/2C12H14OSi/c1-14(2,13)12-9-5-7-10-6-3-4-8-11(10)12;1-14(2,13)12-8-7-10-5-3-4-6-11(10)9-12/h2*3-9,13H,1-2H3. The molecule has 4 aromatic carbocycles. The van der Waals surface area contributed by atoms with Gasteiger partial charge in [0.15, 0.2) is 0 Å². The molecule has 0 saturated heterocycles. The second-order valence-corrected chi connectivity index (χ2v) is 15.6. The van der Waals surface area contributed by atoms with Gasteiger partial charge in [-0.05, 0) is 58.1 Å². The third kappa shape index (κ3) is 4.77. The fourth-order valence-electron chi connectivity index (χ4n) is 3.33. The molecule has 0 radical (unpaired) electrons. The molecule has 4 heteroatoms. The summed E-state index contributed by atoms with van der Waals surface area (Å²) in [6.45, 7) is 7.79. The van der Waals surface area contributed by atoms with E-state index in [1.54, 1.807) is 0 Å². The summed E-state index contributed by atoms with van der Waals surface area (Å²) in [5.41, 5.74) is 0. The zero-order valence-corrected chi connectivity index (χ0v) is 19.0. The van der Waals surface area contributed by atoms with E-state index in [4.69, 9.17) is 0 Å². The van der Waals surface area contributed by atoms with Crippen LogP contribution in [0.15, 0.2) is 84.9 Å². The number of hydrogen-bond donors (Lipinski definition) is 2. The highest BCUT2D eigenvalue weighted by Gasteiger charge is 2.22. The van der Waals surface area contributed by atoms with Gasteiger partial charge in [-0.3, -0.25) is 0 Å². The van der Waals surface area contributed by atoms with Gasteiger partial charge in [0, 0.05) is 0 Å². The van der Waals surface area contributed by atoms with Gasteiger partial charge in [-0.15, -0.1) is 0 Å². The molecular formula is C24H28O2Si2. The molecule has 4 aromatic rings. The van der Waals surface area contributed by atoms with Gasteiger partial charge < -0.3 is 9.59 Å². The zero-order valence-electron chi connectivity index (χ0n) is 17.0. The lowest BCUT2D eigenvalue weighted by molar-refractivity contribution is 0.568. The number of benzene rings is 4. The number of hydrogen-bond acceptors (Lipinski definition) is 2. The molecule has 0 atom stereocenters. The van der Waals surface area contributed by atoms with Crippen LogP contribution in [0.3, 0.4) is 0 Å². The van der Waals surface area contributed by atoms with Gasteiger partial charge in [0.25, 0.3) is 0 Å². The van der Waals surface area contributed by atoms with E-state index in [0.29, 0.717) is 0 Å². The maximum Gasteiger partial charge on any atom is 0.214 e. The van der Waals surface area contributed by atoms with Crippen LogP contribution in [-0.2, 0) is 0 Å². The SMILES string of the molecule is C[Si](C)(O)c1ccc2ccccc2c1.C[Si](C)(O)c1cccc2ccccc12. The summed E-state index contributed by atoms with van der Waals surface area (Å²) in [5, 5.41) is 7.05. The van der Waals surface area contributed by atoms with Crippen molar-refractivity contribution >= 4 is 48.6 Å². The van der Waals surface area contributed by atoms with Crippen LogP contribution < -0.4 is 10.4 Å². The van der Waals surface area contributed by atoms with Crippen molar-refractivity contribution in [3.05, 3.63) is 84.9 Å². The summed E-state index contributed by atoms with van der Waals surface area (Å²) >= 11 is 0. The van der Waals surface area contributed by atoms with E-state index in [9.17, 15) is 9.59 Å². The molecule has 144 valence electrons. The Morgan fingerprint density at radius 3 is 1.75 bits per heavy atom. The lowest BCUT2D eigenvalue weighted by Gasteiger charge is -2.16. The predicted molar refractivity (Wildman–Crippen MR) is 127 cm³/mol. The first-order valence-corrected chi connectivity index (χ1v) is 15.5. The average molecular weight is 405 g/mol. The fourth-order valence-corrected chi connectivity index (χ4v) is 5.72. The normalized spacial score (nSPS) is 11.9. The molecule has 0 unspecified atom stereocenters. The molecule has 0 aromatic heterocycles. The summed E-state index contributed by atoms with van der Waals surface area (Å²) in [5.74, 6) is 0. The Hall–Kier alpha value is -2.25. The molecule has 2 N–H and O–H groups in total. The number of fused-ring (bicyclic) bond motifs is 2. The molecule has 0 saturated carbocycles. The highest BCUT2D eigenvalue weighted by Crippen LogP contribution is 2.14. The predicted octanol–water partition coefficient (Wildman–Crippen LogP) is 4.49. The fraction of sp³-hybridized carbons (Fsp3) is 0.167. The number of rotatable bonds is 2. The van der Waals surface area contributed by atoms with Gasteiger partial charge in [-0.2, -0.15) is 0 Å². The third-order valence-corrected chi connectivity index (χ3v) is 8.38. The van der Waals surface area contributed by atoms with Gasteiger partial charge in [-0.25, -0.2) is 0 Å². The summed E-state index contributed by atoms with van der Waals surface area (Å²) < 4.78 is 0. The first-order valence-electron chi connectivity index (χ1n) is 9.58. The van der Waals surface area contributed by atoms with Crippen LogP contribution in [0.25, 0.3) is 21.5 Å². The van der Waals surface area contributed by atoms with Gasteiger partial charge in [0.2, 0.25) is 16.6 Å². The van der Waals surface area contributed by atoms with Gasteiger partial charge in [0.05, 0.1) is 0 Å². The Morgan fingerprint density at radius 2 is 1.11 bits per heavy atom. The third-order valence-electron chi connectivity index (χ3n) is 4.90. The van der Waals surface area contributed by atoms with E-state index in [-0.39, 0.29) is 0 Å². The lowest BCUT2D eigenvalue weighted by atomic mass is 10.1. The van der Waals surface area contributed by atoms with Crippen molar-refractivity contribution in [3.63, 3.8) is 0 Å². The van der Waals surface area contributed by atoms with Crippen molar-refractivity contribution in [2.24, 2.45) is 0 Å². The van der Waals surface area contributed by atoms with Crippen LogP contribution in [0.2, 0.25) is 26.2 Å². The highest BCUT2D eigenvalue weighted by atomic mass is 28.4. The molecular weight excluding hydrogens is 376 g/mol. The Labute approximate surface area is 169 Å². The molecule has 0 fully saturated rings. The van der Waals surface area contributed by atoms with Crippen molar-refractivity contribution in [3.8, 4) is 0 Å². The van der Waals surface area contributed by atoms with Crippen LogP contribution in [0.1, 0.15) is 0 Å². The first kappa shape index (κ1) is 20.5. The largest absolute Gasteiger partial charge is 0.428 e. The van der Waals surface area contributed by atoms with E-state index in [2.05, 4.69) is 42.5 Å². The topological polar surface area (TPSA) is 40.5 Å². The molecule has 0 aliphatic rings. The van der Waals surface area contributed by atoms with Crippen molar-refractivity contribution in [2.45, 2.75) is 26.2 Å². The Bertz CT molecular complexity index is 1080. The molecule has 0 bridgehead atoms. The highest BCUT2D eigenvalue weighted by molar-refractivity contribution is 6.85. The van der Waals surface area contributed by atoms with Gasteiger partial charge in [0.1, 0.15) is 0 Å². The second-order valence-electron chi connectivity index (χ2n) is 8.21. The Kier molecular flexibility index (Phi) is 5.86.